The molecule has 0 saturated carbocycles. The van der Waals surface area contributed by atoms with E-state index in [1.165, 1.54) is 0 Å². The molecular weight excluding hydrogens is 330 g/mol. The predicted molar refractivity (Wildman–Crippen MR) is 95.5 cm³/mol. The number of cyclic esters (lactones) is 1. The van der Waals surface area contributed by atoms with Crippen molar-refractivity contribution in [3.63, 3.8) is 0 Å². The fraction of sp³-hybridized carbons (Fsp3) is 0.250. The van der Waals surface area contributed by atoms with Gasteiger partial charge in [0.15, 0.2) is 0 Å². The van der Waals surface area contributed by atoms with Crippen LogP contribution in [0.1, 0.15) is 21.5 Å². The van der Waals surface area contributed by atoms with Gasteiger partial charge in [0.05, 0.1) is 0 Å². The first-order chi connectivity index (χ1) is 12.7. The summed E-state index contributed by atoms with van der Waals surface area (Å²) in [4.78, 5) is 32.4. The van der Waals surface area contributed by atoms with Crippen LogP contribution in [-0.2, 0) is 16.1 Å². The lowest BCUT2D eigenvalue weighted by molar-refractivity contribution is -0.125. The molecule has 0 unspecified atom stereocenters. The maximum absolute atomic E-state index is 12.3. The Hall–Kier alpha value is -3.33. The molecule has 2 aromatic rings. The highest BCUT2D eigenvalue weighted by Gasteiger charge is 2.30. The molecule has 1 fully saturated rings. The van der Waals surface area contributed by atoms with Crippen molar-refractivity contribution in [3.8, 4) is 11.8 Å². The average molecular weight is 347 g/mol. The van der Waals surface area contributed by atoms with Gasteiger partial charge in [0.1, 0.15) is 18.0 Å². The molecule has 0 spiro atoms. The van der Waals surface area contributed by atoms with Crippen LogP contribution in [0.4, 0.5) is 5.82 Å². The lowest BCUT2D eigenvalue weighted by atomic mass is 10.1. The highest BCUT2D eigenvalue weighted by Crippen LogP contribution is 2.28. The van der Waals surface area contributed by atoms with Crippen LogP contribution < -0.4 is 4.90 Å². The maximum atomic E-state index is 12.3. The number of pyridine rings is 1. The van der Waals surface area contributed by atoms with Crippen molar-refractivity contribution in [3.05, 3.63) is 59.3 Å². The summed E-state index contributed by atoms with van der Waals surface area (Å²) in [6.45, 7) is 2.60. The van der Waals surface area contributed by atoms with Crippen LogP contribution in [0.3, 0.4) is 0 Å². The van der Waals surface area contributed by atoms with Crippen molar-refractivity contribution in [2.45, 2.75) is 6.61 Å². The lowest BCUT2D eigenvalue weighted by Crippen LogP contribution is -2.49. The number of amides is 1. The van der Waals surface area contributed by atoms with E-state index in [9.17, 15) is 9.59 Å². The first-order valence-corrected chi connectivity index (χ1v) is 8.48. The molecule has 6 nitrogen and oxygen atoms in total. The van der Waals surface area contributed by atoms with Gasteiger partial charge in [0.25, 0.3) is 5.91 Å². The third-order valence-corrected chi connectivity index (χ3v) is 4.53. The Bertz CT molecular complexity index is 907. The van der Waals surface area contributed by atoms with Crippen LogP contribution in [0.2, 0.25) is 0 Å². The number of nitrogens with zero attached hydrogens (tertiary/aromatic N) is 3. The summed E-state index contributed by atoms with van der Waals surface area (Å²) >= 11 is 0. The van der Waals surface area contributed by atoms with E-state index in [0.29, 0.717) is 44.2 Å². The van der Waals surface area contributed by atoms with E-state index in [1.807, 2.05) is 41.3 Å². The smallest absolute Gasteiger partial charge is 0.342 e. The second-order valence-electron chi connectivity index (χ2n) is 6.14. The largest absolute Gasteiger partial charge is 0.457 e. The molecule has 2 aliphatic heterocycles. The van der Waals surface area contributed by atoms with E-state index >= 15 is 0 Å². The summed E-state index contributed by atoms with van der Waals surface area (Å²) in [6.07, 6.45) is 1.69. The first-order valence-electron chi connectivity index (χ1n) is 8.48. The van der Waals surface area contributed by atoms with Crippen LogP contribution in [-0.4, -0.2) is 47.9 Å². The number of hydrogen-bond donors (Lipinski definition) is 0. The zero-order valence-corrected chi connectivity index (χ0v) is 14.1. The van der Waals surface area contributed by atoms with Gasteiger partial charge < -0.3 is 14.5 Å². The number of carbonyl (C=O) groups excluding carboxylic acids is 2. The molecule has 130 valence electrons. The normalized spacial score (nSPS) is 15.8. The highest BCUT2D eigenvalue weighted by molar-refractivity contribution is 5.98. The van der Waals surface area contributed by atoms with Gasteiger partial charge in [0.2, 0.25) is 0 Å². The zero-order valence-electron chi connectivity index (χ0n) is 14.1. The molecule has 6 heteroatoms. The van der Waals surface area contributed by atoms with Gasteiger partial charge in [-0.15, -0.1) is 0 Å². The topological polar surface area (TPSA) is 62.7 Å². The number of aromatic nitrogens is 1. The van der Waals surface area contributed by atoms with Crippen molar-refractivity contribution in [1.29, 1.82) is 0 Å². The summed E-state index contributed by atoms with van der Waals surface area (Å²) in [5.74, 6) is 5.74. The zero-order chi connectivity index (χ0) is 17.9. The minimum atomic E-state index is -0.324. The molecule has 1 aromatic carbocycles. The molecule has 3 heterocycles. The SMILES string of the molecule is O=C1OCc2ccnc(N3CCN(C(=O)C#Cc4ccccc4)CC3)c21. The fourth-order valence-corrected chi connectivity index (χ4v) is 3.13. The molecule has 1 amide bonds. The third-order valence-electron chi connectivity index (χ3n) is 4.53. The molecule has 0 atom stereocenters. The van der Waals surface area contributed by atoms with E-state index < -0.39 is 0 Å². The number of carbonyl (C=O) groups is 2. The average Bonchev–Trinajstić information content (AvgIpc) is 3.08. The second kappa shape index (κ2) is 6.89. The van der Waals surface area contributed by atoms with Crippen molar-refractivity contribution in [1.82, 2.24) is 9.88 Å². The van der Waals surface area contributed by atoms with Gasteiger partial charge in [-0.2, -0.15) is 0 Å². The van der Waals surface area contributed by atoms with Crippen molar-refractivity contribution in [2.24, 2.45) is 0 Å². The Balaban J connectivity index is 1.42. The summed E-state index contributed by atoms with van der Waals surface area (Å²) in [7, 11) is 0. The number of fused-ring (bicyclic) bond motifs is 1. The monoisotopic (exact) mass is 347 g/mol. The van der Waals surface area contributed by atoms with Crippen LogP contribution in [0.15, 0.2) is 42.6 Å². The standard InChI is InChI=1S/C20H17N3O3/c24-17(7-6-15-4-2-1-3-5-15)22-10-12-23(13-11-22)19-18-16(8-9-21-19)14-26-20(18)25/h1-5,8-9H,10-14H2. The Kier molecular flexibility index (Phi) is 4.28. The maximum Gasteiger partial charge on any atom is 0.342 e. The highest BCUT2D eigenvalue weighted by atomic mass is 16.5. The second-order valence-corrected chi connectivity index (χ2v) is 6.14. The van der Waals surface area contributed by atoms with Gasteiger partial charge in [-0.25, -0.2) is 9.78 Å². The first kappa shape index (κ1) is 16.2. The number of rotatable bonds is 1. The molecule has 26 heavy (non-hydrogen) atoms. The Morgan fingerprint density at radius 3 is 2.62 bits per heavy atom. The molecule has 0 radical (unpaired) electrons. The third kappa shape index (κ3) is 3.11. The van der Waals surface area contributed by atoms with E-state index in [4.69, 9.17) is 4.74 Å². The number of hydrogen-bond acceptors (Lipinski definition) is 5. The summed E-state index contributed by atoms with van der Waals surface area (Å²) < 4.78 is 5.10. The molecule has 2 aliphatic rings. The Morgan fingerprint density at radius 1 is 1.08 bits per heavy atom. The van der Waals surface area contributed by atoms with Crippen LogP contribution in [0.5, 0.6) is 0 Å². The molecule has 4 rings (SSSR count). The molecular formula is C20H17N3O3. The quantitative estimate of drug-likeness (QED) is 0.577. The van der Waals surface area contributed by atoms with Gasteiger partial charge in [0, 0.05) is 49.4 Å². The summed E-state index contributed by atoms with van der Waals surface area (Å²) in [5.41, 5.74) is 2.24. The molecule has 0 N–H and O–H groups in total. The van der Waals surface area contributed by atoms with E-state index in [1.54, 1.807) is 11.1 Å². The number of esters is 1. The van der Waals surface area contributed by atoms with Crippen molar-refractivity contribution >= 4 is 17.7 Å². The number of ether oxygens (including phenoxy) is 1. The van der Waals surface area contributed by atoms with E-state index in [0.717, 1.165) is 11.1 Å². The Morgan fingerprint density at radius 2 is 1.85 bits per heavy atom. The Labute approximate surface area is 151 Å². The van der Waals surface area contributed by atoms with Crippen molar-refractivity contribution < 1.29 is 14.3 Å². The van der Waals surface area contributed by atoms with Crippen LogP contribution in [0.25, 0.3) is 0 Å². The van der Waals surface area contributed by atoms with Gasteiger partial charge in [-0.05, 0) is 18.2 Å². The fourth-order valence-electron chi connectivity index (χ4n) is 3.13. The van der Waals surface area contributed by atoms with E-state index in [2.05, 4.69) is 16.8 Å². The van der Waals surface area contributed by atoms with Crippen molar-refractivity contribution in [2.75, 3.05) is 31.1 Å². The van der Waals surface area contributed by atoms with Crippen LogP contribution >= 0.6 is 0 Å². The number of benzene rings is 1. The lowest BCUT2D eigenvalue weighted by Gasteiger charge is -2.34. The molecule has 1 saturated heterocycles. The molecule has 0 aliphatic carbocycles. The van der Waals surface area contributed by atoms with Gasteiger partial charge in [-0.1, -0.05) is 24.1 Å². The summed E-state index contributed by atoms with van der Waals surface area (Å²) in [5, 5.41) is 0. The number of piperazine rings is 1. The minimum absolute atomic E-state index is 0.181. The van der Waals surface area contributed by atoms with Gasteiger partial charge in [-0.3, -0.25) is 4.79 Å². The minimum Gasteiger partial charge on any atom is -0.457 e. The van der Waals surface area contributed by atoms with Gasteiger partial charge >= 0.3 is 5.97 Å². The molecule has 0 bridgehead atoms. The predicted octanol–water partition coefficient (Wildman–Crippen LogP) is 1.45. The number of anilines is 1. The summed E-state index contributed by atoms with van der Waals surface area (Å²) in [6, 6.07) is 11.3. The van der Waals surface area contributed by atoms with E-state index in [-0.39, 0.29) is 11.9 Å². The molecule has 1 aromatic heterocycles. The van der Waals surface area contributed by atoms with Crippen LogP contribution in [0, 0.1) is 11.8 Å².